The van der Waals surface area contributed by atoms with Crippen molar-refractivity contribution in [3.05, 3.63) is 29.8 Å². The third kappa shape index (κ3) is 7.56. The number of nitrogens with zero attached hydrogens (tertiary/aromatic N) is 2. The quantitative estimate of drug-likeness (QED) is 0.353. The monoisotopic (exact) mass is 486 g/mol. The molecule has 0 spiro atoms. The fraction of sp³-hybridized carbons (Fsp3) is 0.588. The van der Waals surface area contributed by atoms with Crippen LogP contribution in [0.5, 0.6) is 5.75 Å². The first kappa shape index (κ1) is 22.8. The molecule has 0 amide bonds. The SMILES string of the molecule is CCN1CCCC1CN=C(N)NCCc1ccccc1OC(F)(F)F.I. The zero-order chi connectivity index (χ0) is 18.3. The first-order valence-corrected chi connectivity index (χ1v) is 8.50. The van der Waals surface area contributed by atoms with Gasteiger partial charge in [0.05, 0.1) is 6.54 Å². The van der Waals surface area contributed by atoms with E-state index in [1.807, 2.05) is 0 Å². The summed E-state index contributed by atoms with van der Waals surface area (Å²) in [4.78, 5) is 6.72. The first-order chi connectivity index (χ1) is 11.9. The van der Waals surface area contributed by atoms with E-state index in [9.17, 15) is 13.2 Å². The molecular weight excluding hydrogens is 460 g/mol. The Morgan fingerprint density at radius 1 is 1.38 bits per heavy atom. The minimum absolute atomic E-state index is 0. The molecule has 0 radical (unpaired) electrons. The molecular formula is C17H26F3IN4O. The highest BCUT2D eigenvalue weighted by Gasteiger charge is 2.31. The normalized spacial score (nSPS) is 18.5. The van der Waals surface area contributed by atoms with E-state index in [1.165, 1.54) is 18.6 Å². The topological polar surface area (TPSA) is 62.9 Å². The van der Waals surface area contributed by atoms with Gasteiger partial charge in [-0.25, -0.2) is 0 Å². The molecule has 3 N–H and O–H groups in total. The largest absolute Gasteiger partial charge is 0.573 e. The number of benzene rings is 1. The third-order valence-electron chi connectivity index (χ3n) is 4.28. The van der Waals surface area contributed by atoms with Crippen molar-refractivity contribution in [3.63, 3.8) is 0 Å². The van der Waals surface area contributed by atoms with Crippen molar-refractivity contribution in [2.75, 3.05) is 26.2 Å². The molecule has 1 unspecified atom stereocenters. The van der Waals surface area contributed by atoms with Gasteiger partial charge in [-0.15, -0.1) is 37.1 Å². The van der Waals surface area contributed by atoms with E-state index < -0.39 is 6.36 Å². The second kappa shape index (κ2) is 10.8. The molecule has 1 saturated heterocycles. The lowest BCUT2D eigenvalue weighted by Crippen LogP contribution is -2.36. The summed E-state index contributed by atoms with van der Waals surface area (Å²) in [6, 6.07) is 6.52. The average Bonchev–Trinajstić information content (AvgIpc) is 3.00. The van der Waals surface area contributed by atoms with Crippen molar-refractivity contribution in [2.45, 2.75) is 38.6 Å². The second-order valence-electron chi connectivity index (χ2n) is 5.98. The number of nitrogens with two attached hydrogens (primary N) is 1. The van der Waals surface area contributed by atoms with Crippen molar-refractivity contribution in [1.29, 1.82) is 0 Å². The number of aliphatic imine (C=N–C) groups is 1. The van der Waals surface area contributed by atoms with Gasteiger partial charge in [-0.05, 0) is 44.0 Å². The predicted molar refractivity (Wildman–Crippen MR) is 107 cm³/mol. The maximum absolute atomic E-state index is 12.4. The van der Waals surface area contributed by atoms with Crippen LogP contribution in [-0.2, 0) is 6.42 Å². The minimum atomic E-state index is -4.70. The van der Waals surface area contributed by atoms with Gasteiger partial charge < -0.3 is 15.8 Å². The number of nitrogens with one attached hydrogen (secondary N) is 1. The lowest BCUT2D eigenvalue weighted by atomic mass is 10.1. The van der Waals surface area contributed by atoms with Gasteiger partial charge in [-0.3, -0.25) is 9.89 Å². The molecule has 1 aromatic carbocycles. The van der Waals surface area contributed by atoms with Gasteiger partial charge in [0.15, 0.2) is 5.96 Å². The van der Waals surface area contributed by atoms with Crippen LogP contribution < -0.4 is 15.8 Å². The van der Waals surface area contributed by atoms with Gasteiger partial charge in [0, 0.05) is 12.6 Å². The summed E-state index contributed by atoms with van der Waals surface area (Å²) in [5, 5.41) is 2.95. The molecule has 1 atom stereocenters. The lowest BCUT2D eigenvalue weighted by molar-refractivity contribution is -0.274. The zero-order valence-corrected chi connectivity index (χ0v) is 17.1. The van der Waals surface area contributed by atoms with Crippen molar-refractivity contribution in [1.82, 2.24) is 10.2 Å². The zero-order valence-electron chi connectivity index (χ0n) is 14.8. The highest BCUT2D eigenvalue weighted by molar-refractivity contribution is 14.0. The standard InChI is InChI=1S/C17H25F3N4O.HI/c1-2-24-11-5-7-14(24)12-23-16(21)22-10-9-13-6-3-4-8-15(13)25-17(18,19)20;/h3-4,6,8,14H,2,5,7,9-12H2,1H3,(H3,21,22,23);1H. The van der Waals surface area contributed by atoms with E-state index in [1.54, 1.807) is 12.1 Å². The van der Waals surface area contributed by atoms with Crippen LogP contribution >= 0.6 is 24.0 Å². The number of likely N-dealkylation sites (N-methyl/N-ethyl adjacent to an activating group) is 1. The number of hydrogen-bond donors (Lipinski definition) is 2. The van der Waals surface area contributed by atoms with Crippen molar-refractivity contribution < 1.29 is 17.9 Å². The molecule has 0 aliphatic carbocycles. The molecule has 26 heavy (non-hydrogen) atoms. The average molecular weight is 486 g/mol. The summed E-state index contributed by atoms with van der Waals surface area (Å²) in [5.74, 6) is 0.133. The molecule has 1 fully saturated rings. The lowest BCUT2D eigenvalue weighted by Gasteiger charge is -2.21. The Kier molecular flexibility index (Phi) is 9.48. The Morgan fingerprint density at radius 3 is 2.81 bits per heavy atom. The molecule has 1 aromatic rings. The summed E-state index contributed by atoms with van der Waals surface area (Å²) >= 11 is 0. The number of para-hydroxylation sites is 1. The van der Waals surface area contributed by atoms with E-state index in [0.717, 1.165) is 19.5 Å². The Labute approximate surface area is 169 Å². The number of guanidine groups is 1. The fourth-order valence-corrected chi connectivity index (χ4v) is 3.04. The maximum Gasteiger partial charge on any atom is 0.573 e. The highest BCUT2D eigenvalue weighted by Crippen LogP contribution is 2.26. The first-order valence-electron chi connectivity index (χ1n) is 8.50. The second-order valence-corrected chi connectivity index (χ2v) is 5.98. The van der Waals surface area contributed by atoms with E-state index in [0.29, 0.717) is 37.1 Å². The Bertz CT molecular complexity index is 583. The van der Waals surface area contributed by atoms with Gasteiger partial charge in [-0.2, -0.15) is 0 Å². The molecule has 5 nitrogen and oxygen atoms in total. The highest BCUT2D eigenvalue weighted by atomic mass is 127. The van der Waals surface area contributed by atoms with Gasteiger partial charge in [-0.1, -0.05) is 25.1 Å². The minimum Gasteiger partial charge on any atom is -0.406 e. The number of alkyl halides is 3. The molecule has 2 rings (SSSR count). The van der Waals surface area contributed by atoms with Gasteiger partial charge in [0.25, 0.3) is 0 Å². The molecule has 0 aromatic heterocycles. The van der Waals surface area contributed by atoms with Crippen LogP contribution in [0.15, 0.2) is 29.3 Å². The van der Waals surface area contributed by atoms with Crippen LogP contribution in [0, 0.1) is 0 Å². The molecule has 0 bridgehead atoms. The summed E-state index contributed by atoms with van der Waals surface area (Å²) in [6.07, 6.45) is -2.05. The third-order valence-corrected chi connectivity index (χ3v) is 4.28. The number of halogens is 4. The molecule has 0 saturated carbocycles. The van der Waals surface area contributed by atoms with E-state index in [4.69, 9.17) is 5.73 Å². The van der Waals surface area contributed by atoms with Crippen molar-refractivity contribution in [2.24, 2.45) is 10.7 Å². The fourth-order valence-electron chi connectivity index (χ4n) is 3.04. The number of hydrogen-bond acceptors (Lipinski definition) is 3. The predicted octanol–water partition coefficient (Wildman–Crippen LogP) is 3.13. The van der Waals surface area contributed by atoms with E-state index in [-0.39, 0.29) is 29.7 Å². The van der Waals surface area contributed by atoms with Crippen LogP contribution in [0.4, 0.5) is 13.2 Å². The Morgan fingerprint density at radius 2 is 2.12 bits per heavy atom. The van der Waals surface area contributed by atoms with Crippen LogP contribution in [-0.4, -0.2) is 49.4 Å². The van der Waals surface area contributed by atoms with Gasteiger partial charge in [0.1, 0.15) is 5.75 Å². The molecule has 1 aliphatic rings. The summed E-state index contributed by atoms with van der Waals surface area (Å²) < 4.78 is 41.2. The maximum atomic E-state index is 12.4. The van der Waals surface area contributed by atoms with Crippen LogP contribution in [0.25, 0.3) is 0 Å². The van der Waals surface area contributed by atoms with Crippen LogP contribution in [0.3, 0.4) is 0 Å². The Balaban J connectivity index is 0.00000338. The number of rotatable bonds is 7. The van der Waals surface area contributed by atoms with Crippen molar-refractivity contribution in [3.8, 4) is 5.75 Å². The molecule has 9 heteroatoms. The van der Waals surface area contributed by atoms with Crippen molar-refractivity contribution >= 4 is 29.9 Å². The number of ether oxygens (including phenoxy) is 1. The van der Waals surface area contributed by atoms with Crippen LogP contribution in [0.2, 0.25) is 0 Å². The van der Waals surface area contributed by atoms with Crippen LogP contribution in [0.1, 0.15) is 25.3 Å². The summed E-state index contributed by atoms with van der Waals surface area (Å²) in [5.41, 5.74) is 6.32. The summed E-state index contributed by atoms with van der Waals surface area (Å²) in [6.45, 7) is 5.25. The van der Waals surface area contributed by atoms with Gasteiger partial charge in [0.2, 0.25) is 0 Å². The summed E-state index contributed by atoms with van der Waals surface area (Å²) in [7, 11) is 0. The Hall–Kier alpha value is -1.23. The smallest absolute Gasteiger partial charge is 0.406 e. The van der Waals surface area contributed by atoms with E-state index in [2.05, 4.69) is 26.9 Å². The molecule has 148 valence electrons. The molecule has 1 aliphatic heterocycles. The van der Waals surface area contributed by atoms with E-state index >= 15 is 0 Å². The number of likely N-dealkylation sites (tertiary alicyclic amines) is 1. The van der Waals surface area contributed by atoms with Gasteiger partial charge >= 0.3 is 6.36 Å². The molecule has 1 heterocycles.